The van der Waals surface area contributed by atoms with Crippen LogP contribution in [0.25, 0.3) is 0 Å². The Morgan fingerprint density at radius 3 is 2.27 bits per heavy atom. The number of nitrogens with zero attached hydrogens (tertiary/aromatic N) is 2. The SMILES string of the molecule is CC1=CC=NC(N2C(=O)c3c(Cl)ccc(NS(=O)(=O)c4ccc(C(C)(C)C)cc4)c3C2=O)N1. The van der Waals surface area contributed by atoms with Crippen LogP contribution in [-0.2, 0) is 15.4 Å². The fourth-order valence-electron chi connectivity index (χ4n) is 3.64. The van der Waals surface area contributed by atoms with Gasteiger partial charge in [-0.25, -0.2) is 18.3 Å². The number of anilines is 1. The number of aliphatic imine (C=N–C) groups is 1. The molecular formula is C23H23ClN4O4S. The summed E-state index contributed by atoms with van der Waals surface area (Å²) < 4.78 is 28.6. The van der Waals surface area contributed by atoms with E-state index in [-0.39, 0.29) is 32.1 Å². The van der Waals surface area contributed by atoms with E-state index in [4.69, 9.17) is 11.6 Å². The molecular weight excluding hydrogens is 464 g/mol. The molecule has 0 saturated heterocycles. The van der Waals surface area contributed by atoms with Crippen LogP contribution in [0.2, 0.25) is 5.02 Å². The molecule has 10 heteroatoms. The highest BCUT2D eigenvalue weighted by atomic mass is 35.5. The monoisotopic (exact) mass is 486 g/mol. The molecule has 2 amide bonds. The van der Waals surface area contributed by atoms with Crippen molar-refractivity contribution >= 4 is 45.3 Å². The molecule has 33 heavy (non-hydrogen) atoms. The number of benzene rings is 2. The summed E-state index contributed by atoms with van der Waals surface area (Å²) in [7, 11) is -4.03. The number of nitrogens with one attached hydrogen (secondary N) is 2. The molecule has 2 heterocycles. The van der Waals surface area contributed by atoms with Crippen LogP contribution in [0.3, 0.4) is 0 Å². The van der Waals surface area contributed by atoms with Gasteiger partial charge in [-0.1, -0.05) is 44.5 Å². The highest BCUT2D eigenvalue weighted by Gasteiger charge is 2.44. The van der Waals surface area contributed by atoms with Gasteiger partial charge in [0.15, 0.2) is 0 Å². The van der Waals surface area contributed by atoms with Gasteiger partial charge in [-0.15, -0.1) is 0 Å². The molecule has 8 nitrogen and oxygen atoms in total. The van der Waals surface area contributed by atoms with Gasteiger partial charge in [0.05, 0.1) is 26.7 Å². The number of hydrogen-bond donors (Lipinski definition) is 2. The average Bonchev–Trinajstić information content (AvgIpc) is 3.01. The molecule has 1 atom stereocenters. The molecule has 1 unspecified atom stereocenters. The summed E-state index contributed by atoms with van der Waals surface area (Å²) in [4.78, 5) is 31.4. The van der Waals surface area contributed by atoms with Crippen LogP contribution in [0.5, 0.6) is 0 Å². The summed E-state index contributed by atoms with van der Waals surface area (Å²) in [6, 6.07) is 9.28. The molecule has 0 aromatic heterocycles. The van der Waals surface area contributed by atoms with Crippen LogP contribution in [-0.4, -0.2) is 37.6 Å². The third kappa shape index (κ3) is 4.14. The van der Waals surface area contributed by atoms with Gasteiger partial charge in [-0.3, -0.25) is 14.3 Å². The molecule has 0 bridgehead atoms. The minimum Gasteiger partial charge on any atom is -0.350 e. The van der Waals surface area contributed by atoms with Gasteiger partial charge in [-0.2, -0.15) is 0 Å². The highest BCUT2D eigenvalue weighted by Crippen LogP contribution is 2.36. The van der Waals surface area contributed by atoms with Crippen molar-refractivity contribution in [1.82, 2.24) is 10.2 Å². The number of amides is 2. The second kappa shape index (κ2) is 8.00. The Bertz CT molecular complexity index is 1330. The molecule has 0 aliphatic carbocycles. The lowest BCUT2D eigenvalue weighted by Crippen LogP contribution is -2.48. The van der Waals surface area contributed by atoms with Crippen LogP contribution >= 0.6 is 11.6 Å². The van der Waals surface area contributed by atoms with Gasteiger partial charge in [0, 0.05) is 11.9 Å². The summed E-state index contributed by atoms with van der Waals surface area (Å²) >= 11 is 6.24. The number of carbonyl (C=O) groups is 2. The molecule has 2 aromatic rings. The quantitative estimate of drug-likeness (QED) is 0.637. The van der Waals surface area contributed by atoms with Crippen molar-refractivity contribution in [3.05, 3.63) is 69.9 Å². The van der Waals surface area contributed by atoms with Crippen LogP contribution < -0.4 is 10.0 Å². The molecule has 2 aliphatic rings. The first-order valence-corrected chi connectivity index (χ1v) is 12.1. The Morgan fingerprint density at radius 2 is 1.67 bits per heavy atom. The standard InChI is InChI=1S/C23H23ClN4O4S/c1-13-11-12-25-22(26-13)28-20(29)18-16(24)9-10-17(19(18)21(28)30)27-33(31,32)15-7-5-14(6-8-15)23(2,3)4/h5-12,22,26-27H,1-4H3. The Hall–Kier alpha value is -3.17. The van der Waals surface area contributed by atoms with Crippen molar-refractivity contribution in [3.63, 3.8) is 0 Å². The lowest BCUT2D eigenvalue weighted by molar-refractivity contribution is 0.0570. The van der Waals surface area contributed by atoms with E-state index in [1.54, 1.807) is 25.1 Å². The lowest BCUT2D eigenvalue weighted by Gasteiger charge is -2.26. The molecule has 0 radical (unpaired) electrons. The molecule has 172 valence electrons. The number of imide groups is 1. The van der Waals surface area contributed by atoms with Crippen LogP contribution in [0.1, 0.15) is 54.0 Å². The fourth-order valence-corrected chi connectivity index (χ4v) is 4.95. The summed E-state index contributed by atoms with van der Waals surface area (Å²) in [5, 5.41) is 3.00. The van der Waals surface area contributed by atoms with Crippen molar-refractivity contribution in [3.8, 4) is 0 Å². The highest BCUT2D eigenvalue weighted by molar-refractivity contribution is 7.92. The van der Waals surface area contributed by atoms with E-state index in [1.807, 2.05) is 20.8 Å². The van der Waals surface area contributed by atoms with E-state index >= 15 is 0 Å². The molecule has 0 saturated carbocycles. The zero-order valence-corrected chi connectivity index (χ0v) is 20.1. The Labute approximate surface area is 197 Å². The number of sulfonamides is 1. The van der Waals surface area contributed by atoms with Gasteiger partial charge in [0.25, 0.3) is 21.8 Å². The third-order valence-electron chi connectivity index (χ3n) is 5.45. The maximum Gasteiger partial charge on any atom is 0.266 e. The van der Waals surface area contributed by atoms with Crippen LogP contribution in [0.15, 0.2) is 58.1 Å². The van der Waals surface area contributed by atoms with Gasteiger partial charge in [0.2, 0.25) is 6.29 Å². The summed E-state index contributed by atoms with van der Waals surface area (Å²) in [5.41, 5.74) is 1.38. The van der Waals surface area contributed by atoms with Crippen molar-refractivity contribution < 1.29 is 18.0 Å². The minimum absolute atomic E-state index is 0.0257. The molecule has 2 aliphatic heterocycles. The van der Waals surface area contributed by atoms with E-state index in [9.17, 15) is 18.0 Å². The number of allylic oxidation sites excluding steroid dienone is 2. The second-order valence-corrected chi connectivity index (χ2v) is 11.0. The molecule has 2 N–H and O–H groups in total. The fraction of sp³-hybridized carbons (Fsp3) is 0.261. The first-order valence-electron chi connectivity index (χ1n) is 10.2. The molecule has 4 rings (SSSR count). The predicted octanol–water partition coefficient (Wildman–Crippen LogP) is 3.90. The molecule has 2 aromatic carbocycles. The van der Waals surface area contributed by atoms with E-state index in [2.05, 4.69) is 15.0 Å². The van der Waals surface area contributed by atoms with Crippen molar-refractivity contribution in [2.45, 2.75) is 44.3 Å². The molecule has 0 spiro atoms. The lowest BCUT2D eigenvalue weighted by atomic mass is 9.87. The zero-order chi connectivity index (χ0) is 24.1. The number of carbonyl (C=O) groups excluding carboxylic acids is 2. The second-order valence-electron chi connectivity index (χ2n) is 8.87. The smallest absolute Gasteiger partial charge is 0.266 e. The van der Waals surface area contributed by atoms with Crippen molar-refractivity contribution in [2.24, 2.45) is 4.99 Å². The van der Waals surface area contributed by atoms with Crippen molar-refractivity contribution in [2.75, 3.05) is 4.72 Å². The van der Waals surface area contributed by atoms with E-state index < -0.39 is 28.1 Å². The first-order chi connectivity index (χ1) is 15.4. The Morgan fingerprint density at radius 1 is 1.03 bits per heavy atom. The summed E-state index contributed by atoms with van der Waals surface area (Å²) in [6.07, 6.45) is 2.24. The van der Waals surface area contributed by atoms with E-state index in [1.165, 1.54) is 30.5 Å². The van der Waals surface area contributed by atoms with E-state index in [0.717, 1.165) is 16.2 Å². The maximum absolute atomic E-state index is 13.2. The topological polar surface area (TPSA) is 108 Å². The van der Waals surface area contributed by atoms with Gasteiger partial charge in [0.1, 0.15) is 0 Å². The molecule has 0 fully saturated rings. The number of rotatable bonds is 4. The number of halogens is 1. The summed E-state index contributed by atoms with van der Waals surface area (Å²) in [5.74, 6) is -1.34. The maximum atomic E-state index is 13.2. The minimum atomic E-state index is -4.03. The van der Waals surface area contributed by atoms with Gasteiger partial charge < -0.3 is 5.32 Å². The largest absolute Gasteiger partial charge is 0.350 e. The Kier molecular flexibility index (Phi) is 5.58. The number of fused-ring (bicyclic) bond motifs is 1. The summed E-state index contributed by atoms with van der Waals surface area (Å²) in [6.45, 7) is 7.86. The predicted molar refractivity (Wildman–Crippen MR) is 127 cm³/mol. The number of hydrogen-bond acceptors (Lipinski definition) is 6. The normalized spacial score (nSPS) is 18.2. The van der Waals surface area contributed by atoms with Gasteiger partial charge in [-0.05, 0) is 48.2 Å². The zero-order valence-electron chi connectivity index (χ0n) is 18.5. The third-order valence-corrected chi connectivity index (χ3v) is 7.14. The average molecular weight is 487 g/mol. The van der Waals surface area contributed by atoms with Crippen molar-refractivity contribution in [1.29, 1.82) is 0 Å². The van der Waals surface area contributed by atoms with E-state index in [0.29, 0.717) is 0 Å². The van der Waals surface area contributed by atoms with Crippen LogP contribution in [0, 0.1) is 0 Å². The van der Waals surface area contributed by atoms with Crippen LogP contribution in [0.4, 0.5) is 5.69 Å². The van der Waals surface area contributed by atoms with Gasteiger partial charge >= 0.3 is 0 Å². The Balaban J connectivity index is 1.70. The first kappa shape index (κ1) is 23.0.